The maximum absolute atomic E-state index is 15.3. The van der Waals surface area contributed by atoms with Gasteiger partial charge in [-0.2, -0.15) is 0 Å². The summed E-state index contributed by atoms with van der Waals surface area (Å²) >= 11 is 0. The molecule has 0 bridgehead atoms. The molecular formula is C28H40FN3O3. The van der Waals surface area contributed by atoms with Gasteiger partial charge in [0.05, 0.1) is 5.60 Å². The number of unbranched alkanes of at least 4 members (excludes halogenated alkanes) is 1. The first-order valence-corrected chi connectivity index (χ1v) is 12.7. The summed E-state index contributed by atoms with van der Waals surface area (Å²) in [6.45, 7) is 4.30. The van der Waals surface area contributed by atoms with Crippen LogP contribution in [0.4, 0.5) is 9.18 Å². The van der Waals surface area contributed by atoms with E-state index in [4.69, 9.17) is 4.74 Å². The number of amides is 2. The zero-order valence-electron chi connectivity index (χ0n) is 21.2. The molecule has 3 rings (SSSR count). The normalized spacial score (nSPS) is 18.7. The number of carbonyl (C=O) groups excluding carboxylic acids is 1. The minimum absolute atomic E-state index is 0.00583. The van der Waals surface area contributed by atoms with Crippen molar-refractivity contribution in [2.75, 3.05) is 40.4 Å². The van der Waals surface area contributed by atoms with E-state index in [1.54, 1.807) is 18.1 Å². The predicted molar refractivity (Wildman–Crippen MR) is 138 cm³/mol. The topological polar surface area (TPSA) is 73.8 Å². The second-order valence-corrected chi connectivity index (χ2v) is 9.60. The lowest BCUT2D eigenvalue weighted by atomic mass is 9.72. The van der Waals surface area contributed by atoms with Gasteiger partial charge in [-0.1, -0.05) is 42.5 Å². The molecule has 1 aliphatic heterocycles. The molecule has 1 heterocycles. The zero-order chi connectivity index (χ0) is 25.3. The number of benzene rings is 2. The quantitative estimate of drug-likeness (QED) is 0.409. The van der Waals surface area contributed by atoms with Gasteiger partial charge >= 0.3 is 6.03 Å². The number of ether oxygens (including phenoxy) is 1. The summed E-state index contributed by atoms with van der Waals surface area (Å²) in [7, 11) is 3.52. The zero-order valence-corrected chi connectivity index (χ0v) is 21.2. The Bertz CT molecular complexity index is 942. The summed E-state index contributed by atoms with van der Waals surface area (Å²) in [5.74, 6) is -0.566. The number of hydrogen-bond donors (Lipinski definition) is 3. The van der Waals surface area contributed by atoms with Crippen LogP contribution in [0.3, 0.4) is 0 Å². The summed E-state index contributed by atoms with van der Waals surface area (Å²) in [5, 5.41) is 18.5. The van der Waals surface area contributed by atoms with E-state index < -0.39 is 5.60 Å². The third-order valence-electron chi connectivity index (χ3n) is 6.96. The number of carbonyl (C=O) groups is 1. The van der Waals surface area contributed by atoms with Crippen molar-refractivity contribution in [3.8, 4) is 11.1 Å². The number of likely N-dealkylation sites (N-methyl/N-ethyl adjacent to an activating group) is 1. The van der Waals surface area contributed by atoms with Crippen molar-refractivity contribution in [3.63, 3.8) is 0 Å². The Labute approximate surface area is 208 Å². The van der Waals surface area contributed by atoms with Crippen LogP contribution in [-0.4, -0.2) is 62.5 Å². The van der Waals surface area contributed by atoms with Gasteiger partial charge in [-0.25, -0.2) is 9.18 Å². The molecule has 3 N–H and O–H groups in total. The molecule has 1 saturated heterocycles. The highest BCUT2D eigenvalue weighted by atomic mass is 19.1. The van der Waals surface area contributed by atoms with E-state index in [-0.39, 0.29) is 23.8 Å². The lowest BCUT2D eigenvalue weighted by Crippen LogP contribution is -2.53. The molecule has 0 radical (unpaired) electrons. The van der Waals surface area contributed by atoms with Crippen LogP contribution in [0.2, 0.25) is 0 Å². The first kappa shape index (κ1) is 27.1. The number of halogens is 1. The SMILES string of the molecule is CNCC(C)NC(=O)N1CCC[C@@H]([C@@](O)(CCCCOC)c2cccc(F)c2-c2ccccc2)C1. The van der Waals surface area contributed by atoms with Crippen molar-refractivity contribution in [3.05, 3.63) is 59.9 Å². The maximum atomic E-state index is 15.3. The Morgan fingerprint density at radius 1 is 1.23 bits per heavy atom. The molecule has 6 nitrogen and oxygen atoms in total. The molecule has 0 spiro atoms. The molecule has 1 aliphatic rings. The lowest BCUT2D eigenvalue weighted by molar-refractivity contribution is -0.0560. The predicted octanol–water partition coefficient (Wildman–Crippen LogP) is 4.53. The van der Waals surface area contributed by atoms with Gasteiger partial charge in [0.2, 0.25) is 0 Å². The van der Waals surface area contributed by atoms with Crippen molar-refractivity contribution in [2.24, 2.45) is 5.92 Å². The molecule has 2 amide bonds. The number of rotatable bonds is 11. The van der Waals surface area contributed by atoms with E-state index in [9.17, 15) is 9.90 Å². The lowest BCUT2D eigenvalue weighted by Gasteiger charge is -2.44. The van der Waals surface area contributed by atoms with Crippen molar-refractivity contribution >= 4 is 6.03 Å². The van der Waals surface area contributed by atoms with Gasteiger partial charge in [-0.3, -0.25) is 0 Å². The molecule has 0 saturated carbocycles. The van der Waals surface area contributed by atoms with E-state index in [0.717, 1.165) is 31.2 Å². The summed E-state index contributed by atoms with van der Waals surface area (Å²) < 4.78 is 20.5. The number of nitrogens with one attached hydrogen (secondary N) is 2. The van der Waals surface area contributed by atoms with Crippen molar-refractivity contribution in [1.82, 2.24) is 15.5 Å². The van der Waals surface area contributed by atoms with E-state index in [0.29, 0.717) is 43.8 Å². The van der Waals surface area contributed by atoms with Gasteiger partial charge in [0.1, 0.15) is 5.82 Å². The highest BCUT2D eigenvalue weighted by molar-refractivity contribution is 5.74. The Hall–Kier alpha value is -2.48. The molecule has 192 valence electrons. The molecule has 0 aromatic heterocycles. The highest BCUT2D eigenvalue weighted by Crippen LogP contribution is 2.44. The monoisotopic (exact) mass is 485 g/mol. The minimum Gasteiger partial charge on any atom is -0.385 e. The Morgan fingerprint density at radius 3 is 2.71 bits per heavy atom. The van der Waals surface area contributed by atoms with Crippen LogP contribution in [-0.2, 0) is 10.3 Å². The fraction of sp³-hybridized carbons (Fsp3) is 0.536. The van der Waals surface area contributed by atoms with Gasteiger partial charge in [0.15, 0.2) is 0 Å². The number of urea groups is 1. The van der Waals surface area contributed by atoms with Crippen LogP contribution in [0.5, 0.6) is 0 Å². The highest BCUT2D eigenvalue weighted by Gasteiger charge is 2.43. The first-order valence-electron chi connectivity index (χ1n) is 12.7. The molecule has 3 atom stereocenters. The molecule has 2 aromatic rings. The number of likely N-dealkylation sites (tertiary alicyclic amines) is 1. The Morgan fingerprint density at radius 2 is 2.00 bits per heavy atom. The van der Waals surface area contributed by atoms with Crippen LogP contribution in [0.1, 0.15) is 44.6 Å². The third-order valence-corrected chi connectivity index (χ3v) is 6.96. The largest absolute Gasteiger partial charge is 0.385 e. The van der Waals surface area contributed by atoms with Gasteiger partial charge in [0, 0.05) is 50.9 Å². The summed E-state index contributed by atoms with van der Waals surface area (Å²) in [5.41, 5.74) is 0.488. The summed E-state index contributed by atoms with van der Waals surface area (Å²) in [6.07, 6.45) is 3.55. The minimum atomic E-state index is -1.28. The molecule has 1 unspecified atom stereocenters. The van der Waals surface area contributed by atoms with E-state index >= 15 is 4.39 Å². The molecule has 2 aromatic carbocycles. The van der Waals surface area contributed by atoms with Gasteiger partial charge in [0.25, 0.3) is 0 Å². The average Bonchev–Trinajstić information content (AvgIpc) is 2.87. The van der Waals surface area contributed by atoms with E-state index in [1.165, 1.54) is 6.07 Å². The molecule has 35 heavy (non-hydrogen) atoms. The molecule has 7 heteroatoms. The van der Waals surface area contributed by atoms with Gasteiger partial charge in [-0.05, 0) is 63.3 Å². The number of methoxy groups -OCH3 is 1. The van der Waals surface area contributed by atoms with Crippen LogP contribution in [0.25, 0.3) is 11.1 Å². The van der Waals surface area contributed by atoms with Crippen LogP contribution in [0.15, 0.2) is 48.5 Å². The van der Waals surface area contributed by atoms with Gasteiger partial charge in [-0.15, -0.1) is 0 Å². The third kappa shape index (κ3) is 6.81. The smallest absolute Gasteiger partial charge is 0.317 e. The average molecular weight is 486 g/mol. The van der Waals surface area contributed by atoms with Crippen LogP contribution >= 0.6 is 0 Å². The number of piperidine rings is 1. The summed E-state index contributed by atoms with van der Waals surface area (Å²) in [6, 6.07) is 14.2. The second-order valence-electron chi connectivity index (χ2n) is 9.60. The van der Waals surface area contributed by atoms with Gasteiger partial charge < -0.3 is 25.4 Å². The maximum Gasteiger partial charge on any atom is 0.317 e. The van der Waals surface area contributed by atoms with Crippen molar-refractivity contribution < 1.29 is 19.0 Å². The van der Waals surface area contributed by atoms with E-state index in [1.807, 2.05) is 50.4 Å². The molecule has 1 fully saturated rings. The fourth-order valence-corrected chi connectivity index (χ4v) is 5.19. The standard InChI is InChI=1S/C28H40FN3O3/c1-21(19-30-2)31-27(33)32-17-10-13-23(20-32)28(34,16-7-8-18-35-3)24-14-9-15-25(29)26(24)22-11-5-4-6-12-22/h4-6,9,11-12,14-15,21,23,30,34H,7-8,10,13,16-20H2,1-3H3,(H,31,33)/t21?,23-,28+/m1/s1. The van der Waals surface area contributed by atoms with Crippen LogP contribution < -0.4 is 10.6 Å². The van der Waals surface area contributed by atoms with E-state index in [2.05, 4.69) is 10.6 Å². The van der Waals surface area contributed by atoms with Crippen molar-refractivity contribution in [2.45, 2.75) is 50.7 Å². The number of aliphatic hydroxyl groups is 1. The number of hydrogen-bond acceptors (Lipinski definition) is 4. The summed E-state index contributed by atoms with van der Waals surface area (Å²) in [4.78, 5) is 14.8. The second kappa shape index (κ2) is 13.0. The Kier molecular flexibility index (Phi) is 10.1. The molecule has 0 aliphatic carbocycles. The number of nitrogens with zero attached hydrogens (tertiary/aromatic N) is 1. The van der Waals surface area contributed by atoms with Crippen LogP contribution in [0, 0.1) is 11.7 Å². The fourth-order valence-electron chi connectivity index (χ4n) is 5.19. The Balaban J connectivity index is 1.95. The molecular weight excluding hydrogens is 445 g/mol. The van der Waals surface area contributed by atoms with Crippen molar-refractivity contribution in [1.29, 1.82) is 0 Å². The first-order chi connectivity index (χ1) is 16.9.